The Balaban J connectivity index is 2.98. The first kappa shape index (κ1) is 8.03. The van der Waals surface area contributed by atoms with Crippen molar-refractivity contribution in [2.75, 3.05) is 0 Å². The summed E-state index contributed by atoms with van der Waals surface area (Å²) in [5.41, 5.74) is 0.0177. The summed E-state index contributed by atoms with van der Waals surface area (Å²) in [5, 5.41) is 14.2. The molecule has 0 saturated carbocycles. The van der Waals surface area contributed by atoms with Crippen molar-refractivity contribution in [3.05, 3.63) is 23.1 Å². The van der Waals surface area contributed by atoms with Crippen molar-refractivity contribution in [2.45, 2.75) is 0 Å². The number of hydrogen-bond donors (Lipinski definition) is 3. The van der Waals surface area contributed by atoms with E-state index in [1.165, 1.54) is 18.2 Å². The number of rotatable bonds is 1. The summed E-state index contributed by atoms with van der Waals surface area (Å²) in [7, 11) is 0. The van der Waals surface area contributed by atoms with Crippen LogP contribution >= 0.6 is 0 Å². The van der Waals surface area contributed by atoms with E-state index < -0.39 is 11.1 Å². The molecular formula is C6H6N2O2S. The first-order valence-electron chi connectivity index (χ1n) is 2.79. The largest absolute Gasteiger partial charge is 0.302 e. The minimum Gasteiger partial charge on any atom is -0.302 e. The van der Waals surface area contributed by atoms with Gasteiger partial charge in [0.15, 0.2) is 11.1 Å². The fourth-order valence-corrected chi connectivity index (χ4v) is 1.04. The number of allylic oxidation sites excluding steroid dienone is 3. The Morgan fingerprint density at radius 2 is 1.91 bits per heavy atom. The molecule has 4 nitrogen and oxygen atoms in total. The zero-order valence-electron chi connectivity index (χ0n) is 5.50. The van der Waals surface area contributed by atoms with Gasteiger partial charge in [-0.2, -0.15) is 0 Å². The summed E-state index contributed by atoms with van der Waals surface area (Å²) in [6.07, 6.45) is 3.89. The summed E-state index contributed by atoms with van der Waals surface area (Å²) >= 11 is -2.05. The molecule has 5 heteroatoms. The predicted octanol–water partition coefficient (Wildman–Crippen LogP) is 0.701. The lowest BCUT2D eigenvalue weighted by Gasteiger charge is -2.03. The van der Waals surface area contributed by atoms with Crippen LogP contribution in [0.1, 0.15) is 0 Å². The van der Waals surface area contributed by atoms with E-state index in [0.29, 0.717) is 0 Å². The van der Waals surface area contributed by atoms with E-state index in [-0.39, 0.29) is 16.3 Å². The molecule has 1 rings (SSSR count). The lowest BCUT2D eigenvalue weighted by atomic mass is 10.1. The molecule has 0 radical (unpaired) electrons. The van der Waals surface area contributed by atoms with Gasteiger partial charge in [-0.25, -0.2) is 4.21 Å². The lowest BCUT2D eigenvalue weighted by Crippen LogP contribution is -2.11. The maximum atomic E-state index is 10.4. The van der Waals surface area contributed by atoms with Crippen LogP contribution in [0.4, 0.5) is 0 Å². The van der Waals surface area contributed by atoms with Gasteiger partial charge in [0.1, 0.15) is 0 Å². The molecule has 11 heavy (non-hydrogen) atoms. The average Bonchev–Trinajstić information content (AvgIpc) is 1.94. The van der Waals surface area contributed by atoms with Crippen LogP contribution in [0.25, 0.3) is 0 Å². The number of hydrogen-bond acceptors (Lipinski definition) is 3. The van der Waals surface area contributed by atoms with Gasteiger partial charge in [0.25, 0.3) is 0 Å². The Morgan fingerprint density at radius 3 is 2.36 bits per heavy atom. The fourth-order valence-electron chi connectivity index (χ4n) is 0.632. The van der Waals surface area contributed by atoms with Crippen molar-refractivity contribution >= 4 is 22.5 Å². The molecule has 0 fully saturated rings. The summed E-state index contributed by atoms with van der Waals surface area (Å²) in [4.78, 5) is 0.158. The summed E-state index contributed by atoms with van der Waals surface area (Å²) in [6.45, 7) is 0. The van der Waals surface area contributed by atoms with E-state index in [9.17, 15) is 4.21 Å². The van der Waals surface area contributed by atoms with Crippen molar-refractivity contribution in [2.24, 2.45) is 0 Å². The third-order valence-electron chi connectivity index (χ3n) is 1.19. The second-order valence-electron chi connectivity index (χ2n) is 1.96. The van der Waals surface area contributed by atoms with Gasteiger partial charge in [0.05, 0.1) is 16.3 Å². The molecule has 58 valence electrons. The molecule has 0 heterocycles. The topological polar surface area (TPSA) is 85.0 Å². The molecule has 1 unspecified atom stereocenters. The molecule has 0 saturated heterocycles. The minimum absolute atomic E-state index is 0.0371. The van der Waals surface area contributed by atoms with E-state index in [1.807, 2.05) is 0 Å². The fraction of sp³-hybridized carbons (Fsp3) is 0. The second-order valence-corrected chi connectivity index (χ2v) is 2.93. The number of nitrogens with one attached hydrogen (secondary N) is 2. The molecule has 0 aromatic carbocycles. The van der Waals surface area contributed by atoms with Crippen LogP contribution < -0.4 is 0 Å². The lowest BCUT2D eigenvalue weighted by molar-refractivity contribution is 0.572. The second kappa shape index (κ2) is 2.89. The van der Waals surface area contributed by atoms with E-state index >= 15 is 0 Å². The van der Waals surface area contributed by atoms with Crippen LogP contribution in [-0.4, -0.2) is 20.2 Å². The van der Waals surface area contributed by atoms with E-state index in [2.05, 4.69) is 0 Å². The molecule has 0 spiro atoms. The van der Waals surface area contributed by atoms with Crippen molar-refractivity contribution < 1.29 is 8.76 Å². The van der Waals surface area contributed by atoms with Gasteiger partial charge < -0.3 is 4.55 Å². The van der Waals surface area contributed by atoms with Crippen molar-refractivity contribution in [3.8, 4) is 0 Å². The molecule has 0 aromatic rings. The standard InChI is InChI=1S/C6H6N2O2S/c7-5-2-1-4(11(9)10)3-6(5)8/h1-3,7-8H,(H,9,10). The minimum atomic E-state index is -2.05. The van der Waals surface area contributed by atoms with E-state index in [1.54, 1.807) is 0 Å². The third-order valence-corrected chi connectivity index (χ3v) is 1.85. The van der Waals surface area contributed by atoms with Gasteiger partial charge in [0.2, 0.25) is 0 Å². The van der Waals surface area contributed by atoms with Crippen LogP contribution in [0.5, 0.6) is 0 Å². The van der Waals surface area contributed by atoms with Crippen molar-refractivity contribution in [1.82, 2.24) is 0 Å². The molecule has 3 N–H and O–H groups in total. The Morgan fingerprint density at radius 1 is 1.27 bits per heavy atom. The molecule has 1 aliphatic carbocycles. The van der Waals surface area contributed by atoms with Crippen LogP contribution in [0.3, 0.4) is 0 Å². The van der Waals surface area contributed by atoms with E-state index in [4.69, 9.17) is 15.4 Å². The third kappa shape index (κ3) is 1.69. The Kier molecular flexibility index (Phi) is 2.11. The molecule has 1 aliphatic rings. The van der Waals surface area contributed by atoms with Crippen LogP contribution in [0, 0.1) is 10.8 Å². The normalized spacial score (nSPS) is 19.9. The highest BCUT2D eigenvalue weighted by Gasteiger charge is 2.09. The summed E-state index contributed by atoms with van der Waals surface area (Å²) in [5.74, 6) is 0. The monoisotopic (exact) mass is 170 g/mol. The Labute approximate surface area is 65.9 Å². The predicted molar refractivity (Wildman–Crippen MR) is 43.4 cm³/mol. The molecule has 0 aromatic heterocycles. The maximum Gasteiger partial charge on any atom is 0.186 e. The van der Waals surface area contributed by atoms with Crippen molar-refractivity contribution in [3.63, 3.8) is 0 Å². The van der Waals surface area contributed by atoms with Crippen LogP contribution in [0.2, 0.25) is 0 Å². The van der Waals surface area contributed by atoms with Crippen molar-refractivity contribution in [1.29, 1.82) is 10.8 Å². The highest BCUT2D eigenvalue weighted by molar-refractivity contribution is 7.83. The van der Waals surface area contributed by atoms with Crippen LogP contribution in [-0.2, 0) is 11.1 Å². The van der Waals surface area contributed by atoms with Gasteiger partial charge in [-0.05, 0) is 18.2 Å². The zero-order chi connectivity index (χ0) is 8.43. The molecule has 0 bridgehead atoms. The molecule has 0 aliphatic heterocycles. The quantitative estimate of drug-likeness (QED) is 0.399. The SMILES string of the molecule is N=C1C=CC(S(=O)O)=CC1=N. The molecule has 0 amide bonds. The van der Waals surface area contributed by atoms with Gasteiger partial charge in [-0.1, -0.05) is 0 Å². The Hall–Kier alpha value is -1.07. The molecule has 1 atom stereocenters. The van der Waals surface area contributed by atoms with E-state index in [0.717, 1.165) is 0 Å². The van der Waals surface area contributed by atoms with Gasteiger partial charge >= 0.3 is 0 Å². The van der Waals surface area contributed by atoms with Gasteiger partial charge in [-0.3, -0.25) is 10.8 Å². The highest BCUT2D eigenvalue weighted by atomic mass is 32.2. The highest BCUT2D eigenvalue weighted by Crippen LogP contribution is 2.07. The first-order valence-corrected chi connectivity index (χ1v) is 3.90. The van der Waals surface area contributed by atoms with Crippen LogP contribution in [0.15, 0.2) is 23.1 Å². The maximum absolute atomic E-state index is 10.4. The molecular weight excluding hydrogens is 164 g/mol. The van der Waals surface area contributed by atoms with Gasteiger partial charge in [-0.15, -0.1) is 0 Å². The zero-order valence-corrected chi connectivity index (χ0v) is 6.31. The first-order chi connectivity index (χ1) is 5.11. The Bertz CT molecular complexity index is 304. The average molecular weight is 170 g/mol. The van der Waals surface area contributed by atoms with Gasteiger partial charge in [0, 0.05) is 0 Å². The summed E-state index contributed by atoms with van der Waals surface area (Å²) in [6, 6.07) is 0. The summed E-state index contributed by atoms with van der Waals surface area (Å²) < 4.78 is 19.0. The smallest absolute Gasteiger partial charge is 0.186 e.